The zero-order valence-corrected chi connectivity index (χ0v) is 22.9. The van der Waals surface area contributed by atoms with Crippen molar-refractivity contribution in [2.75, 3.05) is 6.54 Å². The third-order valence-corrected chi connectivity index (χ3v) is 6.93. The Balaban J connectivity index is 0.00000216. The summed E-state index contributed by atoms with van der Waals surface area (Å²) in [6.07, 6.45) is 16.9. The normalized spacial score (nSPS) is 15.8. The van der Waals surface area contributed by atoms with E-state index in [1.807, 2.05) is 38.2 Å². The van der Waals surface area contributed by atoms with Gasteiger partial charge in [0.05, 0.1) is 5.56 Å². The molecule has 0 aliphatic heterocycles. The van der Waals surface area contributed by atoms with E-state index in [1.54, 1.807) is 6.07 Å². The van der Waals surface area contributed by atoms with E-state index in [-0.39, 0.29) is 12.1 Å². The number of hydrogen-bond acceptors (Lipinski definition) is 3. The summed E-state index contributed by atoms with van der Waals surface area (Å²) < 4.78 is 63.1. The molecule has 1 saturated carbocycles. The number of amides is 1. The van der Waals surface area contributed by atoms with Crippen LogP contribution in [-0.2, 0) is 0 Å². The second-order valence-corrected chi connectivity index (χ2v) is 9.53. The number of ether oxygens (including phenoxy) is 1. The lowest BCUT2D eigenvalue weighted by molar-refractivity contribution is 0.0717. The molecule has 0 aromatic heterocycles. The number of carbonyl (C=O) groups is 2. The highest BCUT2D eigenvalue weighted by Gasteiger charge is 2.32. The van der Waals surface area contributed by atoms with Crippen LogP contribution in [0.5, 0.6) is 5.75 Å². The van der Waals surface area contributed by atoms with Crippen molar-refractivity contribution >= 4 is 11.9 Å². The van der Waals surface area contributed by atoms with Crippen LogP contribution < -0.4 is 10.1 Å². The summed E-state index contributed by atoms with van der Waals surface area (Å²) in [6, 6.07) is 7.16. The molecule has 0 bridgehead atoms. The molecule has 1 N–H and O–H groups in total. The molecule has 0 spiro atoms. The fraction of sp³-hybridized carbons (Fsp3) is 0.375. The monoisotopic (exact) mass is 557 g/mol. The molecule has 4 nitrogen and oxygen atoms in total. The van der Waals surface area contributed by atoms with Gasteiger partial charge in [-0.25, -0.2) is 13.6 Å². The summed E-state index contributed by atoms with van der Waals surface area (Å²) in [4.78, 5) is 24.7. The topological polar surface area (TPSA) is 55.4 Å². The smallest absolute Gasteiger partial charge is 0.343 e. The number of allylic oxidation sites excluding steroid dienone is 4. The molecule has 1 fully saturated rings. The summed E-state index contributed by atoms with van der Waals surface area (Å²) in [5, 5.41) is 2.32. The van der Waals surface area contributed by atoms with Gasteiger partial charge in [-0.3, -0.25) is 4.79 Å². The Morgan fingerprint density at radius 2 is 1.45 bits per heavy atom. The first kappa shape index (κ1) is 30.9. The molecule has 0 saturated heterocycles. The highest BCUT2D eigenvalue weighted by Crippen LogP contribution is 2.32. The molecule has 2 aromatic carbocycles. The molecule has 0 atom stereocenters. The van der Waals surface area contributed by atoms with Crippen LogP contribution in [0.15, 0.2) is 65.8 Å². The van der Waals surface area contributed by atoms with Crippen LogP contribution in [0.2, 0.25) is 0 Å². The van der Waals surface area contributed by atoms with Gasteiger partial charge in [0.1, 0.15) is 5.56 Å². The minimum atomic E-state index is -1.97. The number of hydrogen-bond donors (Lipinski definition) is 1. The van der Waals surface area contributed by atoms with E-state index in [4.69, 9.17) is 0 Å². The number of esters is 1. The van der Waals surface area contributed by atoms with E-state index < -0.39 is 46.5 Å². The Kier molecular flexibility index (Phi) is 11.7. The second kappa shape index (κ2) is 15.2. The molecule has 1 amide bonds. The Morgan fingerprint density at radius 3 is 2.08 bits per heavy atom. The molecule has 0 unspecified atom stereocenters. The first-order chi connectivity index (χ1) is 19.4. The van der Waals surface area contributed by atoms with Gasteiger partial charge in [-0.05, 0) is 42.9 Å². The predicted molar refractivity (Wildman–Crippen MR) is 147 cm³/mol. The number of halogens is 4. The fourth-order valence-corrected chi connectivity index (χ4v) is 4.83. The molecule has 8 heteroatoms. The fourth-order valence-electron chi connectivity index (χ4n) is 4.83. The van der Waals surface area contributed by atoms with Crippen LogP contribution in [-0.4, -0.2) is 18.4 Å². The number of benzene rings is 2. The van der Waals surface area contributed by atoms with Crippen molar-refractivity contribution in [3.05, 3.63) is 100 Å². The van der Waals surface area contributed by atoms with E-state index in [0.29, 0.717) is 11.5 Å². The summed E-state index contributed by atoms with van der Waals surface area (Å²) in [6.45, 7) is 3.90. The van der Waals surface area contributed by atoms with E-state index in [0.717, 1.165) is 19.3 Å². The largest absolute Gasteiger partial charge is 0.416 e. The van der Waals surface area contributed by atoms with Gasteiger partial charge in [0.25, 0.3) is 5.91 Å². The summed E-state index contributed by atoms with van der Waals surface area (Å²) in [7, 11) is 0. The molecular weight excluding hydrogens is 522 g/mol. The van der Waals surface area contributed by atoms with Gasteiger partial charge in [0.2, 0.25) is 17.4 Å². The molecule has 4 rings (SSSR count). The number of carbonyl (C=O) groups excluding carboxylic acids is 2. The van der Waals surface area contributed by atoms with Crippen LogP contribution in [0.4, 0.5) is 17.6 Å². The van der Waals surface area contributed by atoms with Gasteiger partial charge in [0.15, 0.2) is 11.6 Å². The van der Waals surface area contributed by atoms with E-state index >= 15 is 0 Å². The van der Waals surface area contributed by atoms with Gasteiger partial charge >= 0.3 is 5.97 Å². The van der Waals surface area contributed by atoms with E-state index in [9.17, 15) is 27.2 Å². The molecule has 2 aliphatic rings. The predicted octanol–water partition coefficient (Wildman–Crippen LogP) is 8.39. The maximum absolute atomic E-state index is 14.7. The van der Waals surface area contributed by atoms with E-state index in [2.05, 4.69) is 10.1 Å². The van der Waals surface area contributed by atoms with Crippen LogP contribution in [0, 0.1) is 29.2 Å². The second-order valence-electron chi connectivity index (χ2n) is 9.53. The minimum absolute atomic E-state index is 0.0783. The molecule has 2 aromatic rings. The van der Waals surface area contributed by atoms with Crippen LogP contribution in [0.1, 0.15) is 85.9 Å². The van der Waals surface area contributed by atoms with Crippen molar-refractivity contribution in [1.29, 1.82) is 0 Å². The Labute approximate surface area is 232 Å². The van der Waals surface area contributed by atoms with Crippen LogP contribution >= 0.6 is 0 Å². The highest BCUT2D eigenvalue weighted by molar-refractivity contribution is 5.95. The molecule has 0 heterocycles. The van der Waals surface area contributed by atoms with Crippen molar-refractivity contribution in [3.8, 4) is 5.75 Å². The number of nitrogens with one attached hydrogen (secondary N) is 1. The van der Waals surface area contributed by atoms with Gasteiger partial charge in [-0.2, -0.15) is 8.78 Å². The number of rotatable bonds is 6. The maximum atomic E-state index is 14.7. The average Bonchev–Trinajstić information content (AvgIpc) is 3.20. The standard InChI is InChI=1S/C30H29F4NO3.C2H6/c31-24-23(25(32)27(34)28(26(24)33)38-30(37)22-13-7-4-8-14-22)29(36)35-18-19-10-9-15-21(17-16-19)20-11-5-2-1-3-6-12-20;1-2/h4,7-10,13-14,16-17,20H,1-3,5-6,11-12,15,18H2,(H,35,36);1-2H3. The lowest BCUT2D eigenvalue weighted by Crippen LogP contribution is -2.28. The van der Waals surface area contributed by atoms with Gasteiger partial charge < -0.3 is 10.1 Å². The zero-order chi connectivity index (χ0) is 29.1. The molecular formula is C32H35F4NO3. The molecule has 0 radical (unpaired) electrons. The van der Waals surface area contributed by atoms with Crippen molar-refractivity contribution in [2.45, 2.75) is 65.2 Å². The third kappa shape index (κ3) is 7.71. The van der Waals surface area contributed by atoms with Crippen molar-refractivity contribution < 1.29 is 31.9 Å². The quantitative estimate of drug-likeness (QED) is 0.168. The molecule has 214 valence electrons. The Hall–Kier alpha value is -3.68. The lowest BCUT2D eigenvalue weighted by atomic mass is 9.84. The van der Waals surface area contributed by atoms with Gasteiger partial charge in [0, 0.05) is 6.54 Å². The Bertz CT molecular complexity index is 1250. The summed E-state index contributed by atoms with van der Waals surface area (Å²) in [5.74, 6) is -11.4. The van der Waals surface area contributed by atoms with E-state index in [1.165, 1.54) is 61.9 Å². The van der Waals surface area contributed by atoms with Crippen molar-refractivity contribution in [1.82, 2.24) is 5.32 Å². The molecule has 40 heavy (non-hydrogen) atoms. The summed E-state index contributed by atoms with van der Waals surface area (Å²) >= 11 is 0. The maximum Gasteiger partial charge on any atom is 0.343 e. The SMILES string of the molecule is CC.O=C(Oc1c(F)c(F)c(C(=O)NCC2=CC=C(C3CCCCCCC3)CC=C2)c(F)c1F)c1ccccc1. The first-order valence-electron chi connectivity index (χ1n) is 13.8. The van der Waals surface area contributed by atoms with Crippen LogP contribution in [0.3, 0.4) is 0 Å². The van der Waals surface area contributed by atoms with Crippen molar-refractivity contribution in [3.63, 3.8) is 0 Å². The average molecular weight is 558 g/mol. The first-order valence-corrected chi connectivity index (χ1v) is 13.8. The highest BCUT2D eigenvalue weighted by atomic mass is 19.2. The third-order valence-electron chi connectivity index (χ3n) is 6.93. The summed E-state index contributed by atoms with van der Waals surface area (Å²) in [5.41, 5.74) is 0.481. The zero-order valence-electron chi connectivity index (χ0n) is 22.9. The van der Waals surface area contributed by atoms with Gasteiger partial charge in [-0.1, -0.05) is 94.0 Å². The lowest BCUT2D eigenvalue weighted by Gasteiger charge is -2.21. The van der Waals surface area contributed by atoms with Crippen LogP contribution in [0.25, 0.3) is 0 Å². The Morgan fingerprint density at radius 1 is 0.850 bits per heavy atom. The van der Waals surface area contributed by atoms with Crippen molar-refractivity contribution in [2.24, 2.45) is 5.92 Å². The van der Waals surface area contributed by atoms with Gasteiger partial charge in [-0.15, -0.1) is 0 Å². The minimum Gasteiger partial charge on any atom is -0.416 e. The molecule has 2 aliphatic carbocycles.